The quantitative estimate of drug-likeness (QED) is 0.834. The van der Waals surface area contributed by atoms with E-state index < -0.39 is 5.97 Å². The molecule has 1 aromatic heterocycles. The number of carboxylic acids is 1. The average molecular weight is 271 g/mol. The number of amides is 1. The number of hydrogen-bond donors (Lipinski definition) is 1. The van der Waals surface area contributed by atoms with Crippen molar-refractivity contribution in [3.63, 3.8) is 0 Å². The summed E-state index contributed by atoms with van der Waals surface area (Å²) in [5.74, 6) is -0.424. The summed E-state index contributed by atoms with van der Waals surface area (Å²) in [5, 5.41) is 10.5. The van der Waals surface area contributed by atoms with Crippen molar-refractivity contribution in [3.8, 4) is 0 Å². The van der Waals surface area contributed by atoms with Crippen molar-refractivity contribution in [1.29, 1.82) is 0 Å². The lowest BCUT2D eigenvalue weighted by Gasteiger charge is -2.15. The number of hydrogen-bond acceptors (Lipinski definition) is 4. The van der Waals surface area contributed by atoms with E-state index in [4.69, 9.17) is 5.11 Å². The molecule has 17 heavy (non-hydrogen) atoms. The van der Waals surface area contributed by atoms with Gasteiger partial charge in [-0.15, -0.1) is 23.1 Å². The molecule has 0 saturated heterocycles. The molecule has 0 unspecified atom stereocenters. The predicted molar refractivity (Wildman–Crippen MR) is 67.8 cm³/mol. The van der Waals surface area contributed by atoms with Gasteiger partial charge in [-0.05, 0) is 18.9 Å². The number of carboxylic acid groups (broad SMARTS) is 1. The van der Waals surface area contributed by atoms with E-state index in [0.29, 0.717) is 16.7 Å². The smallest absolute Gasteiger partial charge is 0.345 e. The van der Waals surface area contributed by atoms with Crippen LogP contribution in [0.15, 0.2) is 16.3 Å². The minimum absolute atomic E-state index is 0.112. The van der Waals surface area contributed by atoms with Crippen LogP contribution in [0.25, 0.3) is 0 Å². The SMILES string of the molecule is CN(C(=O)CSc1csc(C(=O)O)c1)C1CC1. The van der Waals surface area contributed by atoms with Gasteiger partial charge in [0.05, 0.1) is 5.75 Å². The van der Waals surface area contributed by atoms with Crippen molar-refractivity contribution in [2.24, 2.45) is 0 Å². The maximum absolute atomic E-state index is 11.7. The molecule has 92 valence electrons. The van der Waals surface area contributed by atoms with Crippen LogP contribution in [-0.2, 0) is 4.79 Å². The first-order valence-electron chi connectivity index (χ1n) is 5.28. The van der Waals surface area contributed by atoms with Crippen LogP contribution in [-0.4, -0.2) is 40.7 Å². The largest absolute Gasteiger partial charge is 0.477 e. The molecule has 0 aliphatic heterocycles. The summed E-state index contributed by atoms with van der Waals surface area (Å²) in [6.07, 6.45) is 2.21. The highest BCUT2D eigenvalue weighted by molar-refractivity contribution is 8.00. The van der Waals surface area contributed by atoms with Gasteiger partial charge in [-0.2, -0.15) is 0 Å². The van der Waals surface area contributed by atoms with Crippen molar-refractivity contribution in [2.45, 2.75) is 23.8 Å². The van der Waals surface area contributed by atoms with Crippen LogP contribution in [0.4, 0.5) is 0 Å². The third kappa shape index (κ3) is 3.23. The minimum Gasteiger partial charge on any atom is -0.477 e. The number of thioether (sulfide) groups is 1. The van der Waals surface area contributed by atoms with Gasteiger partial charge in [0.15, 0.2) is 0 Å². The molecular weight excluding hydrogens is 258 g/mol. The highest BCUT2D eigenvalue weighted by Crippen LogP contribution is 2.28. The first-order chi connectivity index (χ1) is 8.08. The third-order valence-electron chi connectivity index (χ3n) is 2.64. The van der Waals surface area contributed by atoms with Gasteiger partial charge < -0.3 is 10.0 Å². The van der Waals surface area contributed by atoms with E-state index >= 15 is 0 Å². The number of rotatable bonds is 5. The zero-order valence-corrected chi connectivity index (χ0v) is 11.0. The fourth-order valence-electron chi connectivity index (χ4n) is 1.42. The van der Waals surface area contributed by atoms with Gasteiger partial charge in [-0.3, -0.25) is 4.79 Å². The average Bonchev–Trinajstić information content (AvgIpc) is 3.03. The van der Waals surface area contributed by atoms with E-state index in [-0.39, 0.29) is 5.91 Å². The zero-order chi connectivity index (χ0) is 12.4. The lowest BCUT2D eigenvalue weighted by atomic mass is 10.5. The first-order valence-corrected chi connectivity index (χ1v) is 7.14. The molecule has 6 heteroatoms. The van der Waals surface area contributed by atoms with Crippen molar-refractivity contribution in [1.82, 2.24) is 4.90 Å². The Kier molecular flexibility index (Phi) is 3.73. The van der Waals surface area contributed by atoms with Gasteiger partial charge in [0.25, 0.3) is 0 Å². The summed E-state index contributed by atoms with van der Waals surface area (Å²) >= 11 is 2.59. The van der Waals surface area contributed by atoms with E-state index in [0.717, 1.165) is 17.7 Å². The van der Waals surface area contributed by atoms with Crippen LogP contribution in [0.5, 0.6) is 0 Å². The molecule has 0 spiro atoms. The van der Waals surface area contributed by atoms with E-state index in [1.165, 1.54) is 23.1 Å². The Morgan fingerprint density at radius 3 is 2.82 bits per heavy atom. The first kappa shape index (κ1) is 12.4. The van der Waals surface area contributed by atoms with Crippen LogP contribution < -0.4 is 0 Å². The molecule has 1 fully saturated rings. The molecule has 1 saturated carbocycles. The zero-order valence-electron chi connectivity index (χ0n) is 9.38. The Morgan fingerprint density at radius 1 is 1.59 bits per heavy atom. The monoisotopic (exact) mass is 271 g/mol. The molecule has 1 heterocycles. The topological polar surface area (TPSA) is 57.6 Å². The van der Waals surface area contributed by atoms with Crippen molar-refractivity contribution in [2.75, 3.05) is 12.8 Å². The third-order valence-corrected chi connectivity index (χ3v) is 4.66. The standard InChI is InChI=1S/C11H13NO3S2/c1-12(7-2-3-7)10(13)6-16-8-4-9(11(14)15)17-5-8/h4-5,7H,2-3,6H2,1H3,(H,14,15). The Morgan fingerprint density at radius 2 is 2.29 bits per heavy atom. The van der Waals surface area contributed by atoms with E-state index in [1.807, 2.05) is 7.05 Å². The van der Waals surface area contributed by atoms with Gasteiger partial charge in [0, 0.05) is 23.4 Å². The lowest BCUT2D eigenvalue weighted by molar-refractivity contribution is -0.127. The summed E-state index contributed by atoms with van der Waals surface area (Å²) < 4.78 is 0. The second kappa shape index (κ2) is 5.10. The lowest BCUT2D eigenvalue weighted by Crippen LogP contribution is -2.30. The Hall–Kier alpha value is -1.01. The van der Waals surface area contributed by atoms with Gasteiger partial charge in [-0.1, -0.05) is 0 Å². The maximum Gasteiger partial charge on any atom is 0.345 e. The Labute approximate surface area is 108 Å². The molecule has 4 nitrogen and oxygen atoms in total. The van der Waals surface area contributed by atoms with Gasteiger partial charge in [-0.25, -0.2) is 4.79 Å². The summed E-state index contributed by atoms with van der Waals surface area (Å²) in [4.78, 5) is 25.4. The van der Waals surface area contributed by atoms with Crippen molar-refractivity contribution < 1.29 is 14.7 Å². The van der Waals surface area contributed by atoms with Gasteiger partial charge in [0.2, 0.25) is 5.91 Å². The Bertz CT molecular complexity index is 440. The molecule has 1 amide bonds. The highest BCUT2D eigenvalue weighted by atomic mass is 32.2. The molecule has 2 rings (SSSR count). The number of carbonyl (C=O) groups is 2. The second-order valence-corrected chi connectivity index (χ2v) is 5.94. The maximum atomic E-state index is 11.7. The molecule has 1 aliphatic rings. The molecular formula is C11H13NO3S2. The number of nitrogens with zero attached hydrogens (tertiary/aromatic N) is 1. The van der Waals surface area contributed by atoms with Crippen LogP contribution in [0.2, 0.25) is 0 Å². The van der Waals surface area contributed by atoms with E-state index in [1.54, 1.807) is 16.3 Å². The van der Waals surface area contributed by atoms with Crippen LogP contribution in [0.1, 0.15) is 22.5 Å². The summed E-state index contributed by atoms with van der Waals surface area (Å²) in [7, 11) is 1.83. The molecule has 1 aromatic rings. The molecule has 1 N–H and O–H groups in total. The molecule has 1 aliphatic carbocycles. The fraction of sp³-hybridized carbons (Fsp3) is 0.455. The predicted octanol–water partition coefficient (Wildman–Crippen LogP) is 2.16. The van der Waals surface area contributed by atoms with Crippen molar-refractivity contribution >= 4 is 35.0 Å². The minimum atomic E-state index is -0.914. The molecule has 0 atom stereocenters. The molecule has 0 aromatic carbocycles. The van der Waals surface area contributed by atoms with Crippen LogP contribution >= 0.6 is 23.1 Å². The number of aromatic carboxylic acids is 1. The summed E-state index contributed by atoms with van der Waals surface area (Å²) in [5.41, 5.74) is 0. The van der Waals surface area contributed by atoms with E-state index in [9.17, 15) is 9.59 Å². The number of thiophene rings is 1. The molecule has 0 radical (unpaired) electrons. The van der Waals surface area contributed by atoms with Crippen LogP contribution in [0.3, 0.4) is 0 Å². The van der Waals surface area contributed by atoms with Gasteiger partial charge in [0.1, 0.15) is 4.88 Å². The highest BCUT2D eigenvalue weighted by Gasteiger charge is 2.29. The van der Waals surface area contributed by atoms with Crippen molar-refractivity contribution in [3.05, 3.63) is 16.3 Å². The summed E-state index contributed by atoms with van der Waals surface area (Å²) in [6, 6.07) is 2.04. The molecule has 0 bridgehead atoms. The second-order valence-electron chi connectivity index (χ2n) is 3.98. The fourth-order valence-corrected chi connectivity index (χ4v) is 3.21. The summed E-state index contributed by atoms with van der Waals surface area (Å²) in [6.45, 7) is 0. The Balaban J connectivity index is 1.84. The van der Waals surface area contributed by atoms with Gasteiger partial charge >= 0.3 is 5.97 Å². The number of carbonyl (C=O) groups excluding carboxylic acids is 1. The van der Waals surface area contributed by atoms with E-state index in [2.05, 4.69) is 0 Å². The van der Waals surface area contributed by atoms with Crippen LogP contribution in [0, 0.1) is 0 Å². The normalized spacial score (nSPS) is 14.6.